The second-order valence-electron chi connectivity index (χ2n) is 4.15. The lowest BCUT2D eigenvalue weighted by atomic mass is 10.0. The predicted molar refractivity (Wildman–Crippen MR) is 64.8 cm³/mol. The summed E-state index contributed by atoms with van der Waals surface area (Å²) in [4.78, 5) is 10.8. The van der Waals surface area contributed by atoms with E-state index in [-0.39, 0.29) is 17.9 Å². The SMILES string of the molecule is C[C@@H](NC1(c2ccccc2)CC1)C(=O)O.Cl. The fourth-order valence-electron chi connectivity index (χ4n) is 1.87. The summed E-state index contributed by atoms with van der Waals surface area (Å²) in [7, 11) is 0. The minimum Gasteiger partial charge on any atom is -0.480 e. The van der Waals surface area contributed by atoms with E-state index in [9.17, 15) is 4.79 Å². The zero-order valence-corrected chi connectivity index (χ0v) is 9.96. The number of nitrogens with one attached hydrogen (secondary N) is 1. The van der Waals surface area contributed by atoms with E-state index in [1.54, 1.807) is 6.92 Å². The summed E-state index contributed by atoms with van der Waals surface area (Å²) in [5.74, 6) is -0.794. The van der Waals surface area contributed by atoms with Crippen LogP contribution in [0, 0.1) is 0 Å². The summed E-state index contributed by atoms with van der Waals surface area (Å²) in [6.45, 7) is 1.69. The molecule has 1 atom stereocenters. The van der Waals surface area contributed by atoms with Gasteiger partial charge >= 0.3 is 5.97 Å². The van der Waals surface area contributed by atoms with Crippen molar-refractivity contribution in [2.24, 2.45) is 0 Å². The van der Waals surface area contributed by atoms with E-state index in [4.69, 9.17) is 5.11 Å². The highest BCUT2D eigenvalue weighted by molar-refractivity contribution is 5.85. The number of rotatable bonds is 4. The van der Waals surface area contributed by atoms with Gasteiger partial charge in [0, 0.05) is 5.54 Å². The molecule has 0 aromatic heterocycles. The van der Waals surface area contributed by atoms with E-state index in [1.807, 2.05) is 18.2 Å². The molecule has 1 saturated carbocycles. The maximum Gasteiger partial charge on any atom is 0.320 e. The van der Waals surface area contributed by atoms with E-state index in [1.165, 1.54) is 5.56 Å². The molecule has 16 heavy (non-hydrogen) atoms. The first-order valence-corrected chi connectivity index (χ1v) is 5.20. The van der Waals surface area contributed by atoms with Gasteiger partial charge in [0.2, 0.25) is 0 Å². The second-order valence-corrected chi connectivity index (χ2v) is 4.15. The Balaban J connectivity index is 0.00000128. The fourth-order valence-corrected chi connectivity index (χ4v) is 1.87. The molecule has 1 aliphatic rings. The van der Waals surface area contributed by atoms with Crippen LogP contribution in [0.5, 0.6) is 0 Å². The van der Waals surface area contributed by atoms with E-state index in [0.29, 0.717) is 0 Å². The number of hydrogen-bond donors (Lipinski definition) is 2. The van der Waals surface area contributed by atoms with Crippen molar-refractivity contribution in [2.45, 2.75) is 31.3 Å². The van der Waals surface area contributed by atoms with Gasteiger partial charge in [-0.25, -0.2) is 0 Å². The van der Waals surface area contributed by atoms with Gasteiger partial charge in [0.25, 0.3) is 0 Å². The maximum absolute atomic E-state index is 10.8. The van der Waals surface area contributed by atoms with Gasteiger partial charge in [0.15, 0.2) is 0 Å². The zero-order valence-electron chi connectivity index (χ0n) is 9.14. The number of carbonyl (C=O) groups is 1. The molecular formula is C12H16ClNO2. The summed E-state index contributed by atoms with van der Waals surface area (Å²) >= 11 is 0. The molecule has 3 nitrogen and oxygen atoms in total. The number of aliphatic carboxylic acids is 1. The number of carboxylic acids is 1. The molecule has 2 N–H and O–H groups in total. The highest BCUT2D eigenvalue weighted by Gasteiger charge is 2.45. The predicted octanol–water partition coefficient (Wildman–Crippen LogP) is 2.16. The number of benzene rings is 1. The molecule has 0 radical (unpaired) electrons. The van der Waals surface area contributed by atoms with E-state index < -0.39 is 12.0 Å². The van der Waals surface area contributed by atoms with Crippen LogP contribution in [-0.4, -0.2) is 17.1 Å². The lowest BCUT2D eigenvalue weighted by Crippen LogP contribution is -2.41. The molecule has 1 aromatic carbocycles. The summed E-state index contributed by atoms with van der Waals surface area (Å²) in [5, 5.41) is 12.0. The number of hydrogen-bond acceptors (Lipinski definition) is 2. The van der Waals surface area contributed by atoms with Crippen molar-refractivity contribution in [2.75, 3.05) is 0 Å². The Morgan fingerprint density at radius 2 is 1.94 bits per heavy atom. The number of halogens is 1. The van der Waals surface area contributed by atoms with Gasteiger partial charge in [-0.2, -0.15) is 0 Å². The molecule has 0 amide bonds. The van der Waals surface area contributed by atoms with Crippen molar-refractivity contribution < 1.29 is 9.90 Å². The third kappa shape index (κ3) is 2.54. The van der Waals surface area contributed by atoms with Crippen molar-refractivity contribution in [3.63, 3.8) is 0 Å². The molecule has 1 aromatic rings. The van der Waals surface area contributed by atoms with E-state index in [0.717, 1.165) is 12.8 Å². The van der Waals surface area contributed by atoms with Gasteiger partial charge in [-0.3, -0.25) is 10.1 Å². The summed E-state index contributed by atoms with van der Waals surface area (Å²) in [6.07, 6.45) is 2.04. The summed E-state index contributed by atoms with van der Waals surface area (Å²) in [6, 6.07) is 9.56. The molecule has 1 fully saturated rings. The van der Waals surface area contributed by atoms with Crippen LogP contribution in [-0.2, 0) is 10.3 Å². The third-order valence-corrected chi connectivity index (χ3v) is 2.94. The average Bonchev–Trinajstić information content (AvgIpc) is 3.00. The molecule has 0 aliphatic heterocycles. The minimum atomic E-state index is -0.794. The molecule has 88 valence electrons. The first-order chi connectivity index (χ1) is 7.14. The summed E-state index contributed by atoms with van der Waals surface area (Å²) in [5.41, 5.74) is 1.11. The van der Waals surface area contributed by atoms with Crippen LogP contribution in [0.3, 0.4) is 0 Å². The Bertz CT molecular complexity index is 363. The van der Waals surface area contributed by atoms with Crippen molar-refractivity contribution in [1.29, 1.82) is 0 Å². The minimum absolute atomic E-state index is 0. The fraction of sp³-hybridized carbons (Fsp3) is 0.417. The van der Waals surface area contributed by atoms with Crippen LogP contribution in [0.4, 0.5) is 0 Å². The van der Waals surface area contributed by atoms with Crippen molar-refractivity contribution in [3.05, 3.63) is 35.9 Å². The van der Waals surface area contributed by atoms with Crippen molar-refractivity contribution >= 4 is 18.4 Å². The van der Waals surface area contributed by atoms with Crippen LogP contribution in [0.1, 0.15) is 25.3 Å². The standard InChI is InChI=1S/C12H15NO2.ClH/c1-9(11(14)15)13-12(7-8-12)10-5-3-2-4-6-10;/h2-6,9,13H,7-8H2,1H3,(H,14,15);1H/t9-;/m1./s1. The molecule has 4 heteroatoms. The topological polar surface area (TPSA) is 49.3 Å². The Morgan fingerprint density at radius 3 is 2.38 bits per heavy atom. The van der Waals surface area contributed by atoms with Crippen molar-refractivity contribution in [1.82, 2.24) is 5.32 Å². The van der Waals surface area contributed by atoms with Crippen LogP contribution in [0.25, 0.3) is 0 Å². The van der Waals surface area contributed by atoms with Gasteiger partial charge in [0.05, 0.1) is 0 Å². The molecule has 0 unspecified atom stereocenters. The lowest BCUT2D eigenvalue weighted by molar-refractivity contribution is -0.139. The largest absolute Gasteiger partial charge is 0.480 e. The van der Waals surface area contributed by atoms with Gasteiger partial charge in [-0.15, -0.1) is 12.4 Å². The first-order valence-electron chi connectivity index (χ1n) is 5.20. The molecule has 0 heterocycles. The van der Waals surface area contributed by atoms with Crippen LogP contribution in [0.2, 0.25) is 0 Å². The first kappa shape index (κ1) is 13.0. The van der Waals surface area contributed by atoms with Crippen LogP contribution in [0.15, 0.2) is 30.3 Å². The third-order valence-electron chi connectivity index (χ3n) is 2.94. The second kappa shape index (κ2) is 4.85. The highest BCUT2D eigenvalue weighted by Crippen LogP contribution is 2.45. The van der Waals surface area contributed by atoms with Crippen molar-refractivity contribution in [3.8, 4) is 0 Å². The monoisotopic (exact) mass is 241 g/mol. The van der Waals surface area contributed by atoms with Gasteiger partial charge in [-0.05, 0) is 25.3 Å². The number of carboxylic acid groups (broad SMARTS) is 1. The van der Waals surface area contributed by atoms with E-state index in [2.05, 4.69) is 17.4 Å². The van der Waals surface area contributed by atoms with Crippen LogP contribution < -0.4 is 5.32 Å². The van der Waals surface area contributed by atoms with Gasteiger partial charge in [0.1, 0.15) is 6.04 Å². The lowest BCUT2D eigenvalue weighted by Gasteiger charge is -2.20. The van der Waals surface area contributed by atoms with Gasteiger partial charge < -0.3 is 5.11 Å². The average molecular weight is 242 g/mol. The Hall–Kier alpha value is -1.06. The van der Waals surface area contributed by atoms with Gasteiger partial charge in [-0.1, -0.05) is 30.3 Å². The van der Waals surface area contributed by atoms with Crippen LogP contribution >= 0.6 is 12.4 Å². The molecule has 0 bridgehead atoms. The Kier molecular flexibility index (Phi) is 3.94. The molecule has 1 aliphatic carbocycles. The maximum atomic E-state index is 10.8. The molecule has 0 spiro atoms. The Labute approximate surface area is 101 Å². The quantitative estimate of drug-likeness (QED) is 0.849. The zero-order chi connectivity index (χ0) is 10.9. The smallest absolute Gasteiger partial charge is 0.320 e. The molecule has 2 rings (SSSR count). The Morgan fingerprint density at radius 1 is 1.38 bits per heavy atom. The van der Waals surface area contributed by atoms with E-state index >= 15 is 0 Å². The summed E-state index contributed by atoms with van der Waals surface area (Å²) < 4.78 is 0. The highest BCUT2D eigenvalue weighted by atomic mass is 35.5. The molecular weight excluding hydrogens is 226 g/mol. The molecule has 0 saturated heterocycles. The normalized spacial score (nSPS) is 18.3.